The molecule has 0 spiro atoms. The van der Waals surface area contributed by atoms with E-state index in [0.29, 0.717) is 30.8 Å². The van der Waals surface area contributed by atoms with Crippen LogP contribution in [0.3, 0.4) is 0 Å². The first-order valence-corrected chi connectivity index (χ1v) is 8.67. The van der Waals surface area contributed by atoms with Gasteiger partial charge in [-0.05, 0) is 38.6 Å². The molecule has 0 saturated carbocycles. The second-order valence-corrected chi connectivity index (χ2v) is 6.76. The topological polar surface area (TPSA) is 75.4 Å². The van der Waals surface area contributed by atoms with Crippen molar-refractivity contribution >= 4 is 5.91 Å². The Morgan fingerprint density at radius 2 is 2.09 bits per heavy atom. The molecule has 0 unspecified atom stereocenters. The van der Waals surface area contributed by atoms with Crippen molar-refractivity contribution in [2.45, 2.75) is 45.2 Å². The fourth-order valence-corrected chi connectivity index (χ4v) is 3.88. The van der Waals surface area contributed by atoms with E-state index in [-0.39, 0.29) is 0 Å². The van der Waals surface area contributed by atoms with Gasteiger partial charge in [-0.1, -0.05) is 0 Å². The number of aromatic nitrogens is 2. The summed E-state index contributed by atoms with van der Waals surface area (Å²) >= 11 is 0. The molecule has 2 atom stereocenters. The average molecular weight is 317 g/mol. The predicted octanol–water partition coefficient (Wildman–Crippen LogP) is 0.947. The van der Waals surface area contributed by atoms with Crippen molar-refractivity contribution < 1.29 is 4.79 Å². The molecule has 3 heterocycles. The molecule has 1 aromatic heterocycles. The third-order valence-electron chi connectivity index (χ3n) is 5.07. The lowest BCUT2D eigenvalue weighted by Gasteiger charge is -2.47. The molecular formula is C17H27N5O. The summed E-state index contributed by atoms with van der Waals surface area (Å²) < 4.78 is 0. The maximum atomic E-state index is 12.2. The van der Waals surface area contributed by atoms with E-state index in [1.54, 1.807) is 0 Å². The summed E-state index contributed by atoms with van der Waals surface area (Å²) in [6, 6.07) is 0.410. The molecule has 1 aromatic rings. The number of likely N-dealkylation sites (tertiary alicyclic amines) is 2. The molecular weight excluding hydrogens is 290 g/mol. The van der Waals surface area contributed by atoms with Crippen LogP contribution in [0.15, 0.2) is 12.4 Å². The minimum atomic E-state index is 0.320. The molecule has 6 nitrogen and oxygen atoms in total. The Kier molecular flexibility index (Phi) is 5.23. The minimum Gasteiger partial charge on any atom is -0.339 e. The molecule has 126 valence electrons. The Hall–Kier alpha value is -1.53. The second-order valence-electron chi connectivity index (χ2n) is 6.76. The molecule has 2 aliphatic rings. The fraction of sp³-hybridized carbons (Fsp3) is 0.706. The number of hydrogen-bond donors (Lipinski definition) is 1. The Balaban J connectivity index is 1.60. The molecule has 0 bridgehead atoms. The lowest BCUT2D eigenvalue weighted by molar-refractivity contribution is -0.141. The zero-order chi connectivity index (χ0) is 16.2. The van der Waals surface area contributed by atoms with Gasteiger partial charge in [0.1, 0.15) is 5.82 Å². The van der Waals surface area contributed by atoms with Crippen LogP contribution in [-0.2, 0) is 11.3 Å². The van der Waals surface area contributed by atoms with Crippen LogP contribution in [0.2, 0.25) is 0 Å². The normalized spacial score (nSPS) is 25.5. The van der Waals surface area contributed by atoms with E-state index in [1.807, 2.05) is 19.3 Å². The molecule has 0 radical (unpaired) electrons. The summed E-state index contributed by atoms with van der Waals surface area (Å²) in [4.78, 5) is 25.4. The lowest BCUT2D eigenvalue weighted by atomic mass is 9.83. The van der Waals surface area contributed by atoms with Gasteiger partial charge in [0.2, 0.25) is 5.91 Å². The quantitative estimate of drug-likeness (QED) is 0.875. The van der Waals surface area contributed by atoms with Gasteiger partial charge in [-0.3, -0.25) is 9.69 Å². The molecule has 3 rings (SSSR count). The number of nitrogens with zero attached hydrogens (tertiary/aromatic N) is 4. The van der Waals surface area contributed by atoms with Gasteiger partial charge < -0.3 is 10.6 Å². The third-order valence-corrected chi connectivity index (χ3v) is 5.07. The van der Waals surface area contributed by atoms with Gasteiger partial charge in [0.25, 0.3) is 0 Å². The van der Waals surface area contributed by atoms with Crippen molar-refractivity contribution in [2.24, 2.45) is 11.7 Å². The number of piperidine rings is 2. The van der Waals surface area contributed by atoms with E-state index in [0.717, 1.165) is 51.3 Å². The van der Waals surface area contributed by atoms with Gasteiger partial charge in [0.05, 0.1) is 0 Å². The highest BCUT2D eigenvalue weighted by Crippen LogP contribution is 2.31. The third kappa shape index (κ3) is 3.87. The number of carbonyl (C=O) groups excluding carboxylic acids is 1. The SMILES string of the molecule is Cc1ncc(CN2CC[C@@H]3[C@@H](CCC(=O)N3CCCN)C2)cn1. The molecule has 2 N–H and O–H groups in total. The first-order chi connectivity index (χ1) is 11.2. The summed E-state index contributed by atoms with van der Waals surface area (Å²) in [5.74, 6) is 1.72. The van der Waals surface area contributed by atoms with E-state index in [1.165, 1.54) is 5.56 Å². The molecule has 2 fully saturated rings. The first-order valence-electron chi connectivity index (χ1n) is 8.67. The van der Waals surface area contributed by atoms with Gasteiger partial charge >= 0.3 is 0 Å². The Bertz CT molecular complexity index is 532. The van der Waals surface area contributed by atoms with Gasteiger partial charge in [-0.25, -0.2) is 9.97 Å². The molecule has 2 saturated heterocycles. The Morgan fingerprint density at radius 3 is 2.83 bits per heavy atom. The highest BCUT2D eigenvalue weighted by Gasteiger charge is 2.38. The van der Waals surface area contributed by atoms with E-state index < -0.39 is 0 Å². The highest BCUT2D eigenvalue weighted by molar-refractivity contribution is 5.77. The molecule has 0 aliphatic carbocycles. The average Bonchev–Trinajstić information content (AvgIpc) is 2.56. The monoisotopic (exact) mass is 317 g/mol. The second kappa shape index (κ2) is 7.36. The zero-order valence-electron chi connectivity index (χ0n) is 13.9. The predicted molar refractivity (Wildman–Crippen MR) is 88.6 cm³/mol. The molecule has 6 heteroatoms. The summed E-state index contributed by atoms with van der Waals surface area (Å²) in [7, 11) is 0. The van der Waals surface area contributed by atoms with Crippen molar-refractivity contribution in [1.29, 1.82) is 0 Å². The largest absolute Gasteiger partial charge is 0.339 e. The van der Waals surface area contributed by atoms with Gasteiger partial charge in [-0.15, -0.1) is 0 Å². The highest BCUT2D eigenvalue weighted by atomic mass is 16.2. The lowest BCUT2D eigenvalue weighted by Crippen LogP contribution is -2.56. The van der Waals surface area contributed by atoms with Crippen LogP contribution < -0.4 is 5.73 Å². The van der Waals surface area contributed by atoms with Crippen molar-refractivity contribution in [2.75, 3.05) is 26.2 Å². The van der Waals surface area contributed by atoms with E-state index in [9.17, 15) is 4.79 Å². The van der Waals surface area contributed by atoms with Gasteiger partial charge in [0.15, 0.2) is 0 Å². The van der Waals surface area contributed by atoms with E-state index in [2.05, 4.69) is 19.8 Å². The maximum Gasteiger partial charge on any atom is 0.222 e. The number of aryl methyl sites for hydroxylation is 1. The Morgan fingerprint density at radius 1 is 1.30 bits per heavy atom. The zero-order valence-corrected chi connectivity index (χ0v) is 13.9. The van der Waals surface area contributed by atoms with Crippen molar-refractivity contribution in [3.63, 3.8) is 0 Å². The molecule has 2 aliphatic heterocycles. The molecule has 23 heavy (non-hydrogen) atoms. The summed E-state index contributed by atoms with van der Waals surface area (Å²) in [6.45, 7) is 6.37. The Labute approximate surface area is 138 Å². The number of fused-ring (bicyclic) bond motifs is 1. The first kappa shape index (κ1) is 16.3. The summed E-state index contributed by atoms with van der Waals surface area (Å²) in [6.07, 6.45) is 7.52. The number of carbonyl (C=O) groups is 1. The van der Waals surface area contributed by atoms with Crippen LogP contribution >= 0.6 is 0 Å². The summed E-state index contributed by atoms with van der Waals surface area (Å²) in [5.41, 5.74) is 6.79. The minimum absolute atomic E-state index is 0.320. The van der Waals surface area contributed by atoms with Gasteiger partial charge in [0, 0.05) is 56.6 Å². The van der Waals surface area contributed by atoms with Gasteiger partial charge in [-0.2, -0.15) is 0 Å². The maximum absolute atomic E-state index is 12.2. The van der Waals surface area contributed by atoms with Crippen LogP contribution in [0.4, 0.5) is 0 Å². The van der Waals surface area contributed by atoms with Crippen LogP contribution in [0.5, 0.6) is 0 Å². The van der Waals surface area contributed by atoms with E-state index in [4.69, 9.17) is 5.73 Å². The standard InChI is InChI=1S/C17H27N5O/c1-13-19-9-14(10-20-13)11-21-8-5-16-15(12-21)3-4-17(23)22(16)7-2-6-18/h9-10,15-16H,2-8,11-12,18H2,1H3/t15-,16+/m0/s1. The number of hydrogen-bond acceptors (Lipinski definition) is 5. The summed E-state index contributed by atoms with van der Waals surface area (Å²) in [5, 5.41) is 0. The molecule has 0 aromatic carbocycles. The van der Waals surface area contributed by atoms with Crippen molar-refractivity contribution in [3.05, 3.63) is 23.8 Å². The van der Waals surface area contributed by atoms with Crippen LogP contribution in [-0.4, -0.2) is 57.9 Å². The number of amides is 1. The number of nitrogens with two attached hydrogens (primary N) is 1. The van der Waals surface area contributed by atoms with Crippen LogP contribution in [0, 0.1) is 12.8 Å². The van der Waals surface area contributed by atoms with Crippen LogP contribution in [0.1, 0.15) is 37.1 Å². The van der Waals surface area contributed by atoms with Crippen LogP contribution in [0.25, 0.3) is 0 Å². The van der Waals surface area contributed by atoms with Crippen molar-refractivity contribution in [1.82, 2.24) is 19.8 Å². The van der Waals surface area contributed by atoms with Crippen molar-refractivity contribution in [3.8, 4) is 0 Å². The smallest absolute Gasteiger partial charge is 0.222 e. The van der Waals surface area contributed by atoms with E-state index >= 15 is 0 Å². The molecule has 1 amide bonds. The fourth-order valence-electron chi connectivity index (χ4n) is 3.88. The number of rotatable bonds is 5.